The molecule has 0 aromatic rings. The first-order chi connectivity index (χ1) is 3.13. The fraction of sp³-hybridized carbons (Fsp3) is 0. The molecule has 0 rings (SSSR count). The molecule has 0 saturated carbocycles. The van der Waals surface area contributed by atoms with Crippen LogP contribution >= 0.6 is 25.3 Å². The van der Waals surface area contributed by atoms with E-state index in [-0.39, 0.29) is 46.0 Å². The van der Waals surface area contributed by atoms with Crippen molar-refractivity contribution in [1.29, 1.82) is 0 Å². The molecule has 0 radical (unpaired) electrons. The zero-order chi connectivity index (χ0) is 5.86. The molecule has 0 aromatic heterocycles. The minimum absolute atomic E-state index is 0. The number of carbonyl (C=O) groups excluding carboxylic acids is 2. The van der Waals surface area contributed by atoms with Crippen molar-refractivity contribution in [3.05, 3.63) is 0 Å². The standard InChI is InChI=1S/C2H2O3S2.Na.3H2O.H/c3-1(6)5-2(4)7;;;;;/h(H,3,6)(H,4,7);;3*1H2;. The van der Waals surface area contributed by atoms with E-state index in [0.29, 0.717) is 0 Å². The van der Waals surface area contributed by atoms with E-state index < -0.39 is 10.6 Å². The molecule has 0 saturated heterocycles. The van der Waals surface area contributed by atoms with Crippen molar-refractivity contribution in [3.63, 3.8) is 0 Å². The van der Waals surface area contributed by atoms with Crippen LogP contribution in [0.3, 0.4) is 0 Å². The Hall–Kier alpha value is 0.720. The van der Waals surface area contributed by atoms with Crippen LogP contribution in [0.1, 0.15) is 0 Å². The van der Waals surface area contributed by atoms with Crippen LogP contribution in [0.25, 0.3) is 0 Å². The number of hydrogen-bond donors (Lipinski definition) is 2. The molecule has 0 aliphatic heterocycles. The Kier molecular flexibility index (Phi) is 46.1. The Bertz CT molecular complexity index is 94.8. The molecule has 0 atom stereocenters. The molecule has 0 heterocycles. The maximum atomic E-state index is 9.63. The Morgan fingerprint density at radius 1 is 0.909 bits per heavy atom. The second-order valence-corrected chi connectivity index (χ2v) is 1.36. The van der Waals surface area contributed by atoms with E-state index in [9.17, 15) is 9.59 Å². The molecule has 0 amide bonds. The Balaban J connectivity index is -0.0000000300. The predicted octanol–water partition coefficient (Wildman–Crippen LogP) is -2.02. The minimum atomic E-state index is -0.944. The van der Waals surface area contributed by atoms with E-state index in [2.05, 4.69) is 30.0 Å². The van der Waals surface area contributed by atoms with Gasteiger partial charge in [-0.25, -0.2) is 9.59 Å². The first kappa shape index (κ1) is 29.8. The summed E-state index contributed by atoms with van der Waals surface area (Å²) in [4.78, 5) is 19.3. The molecule has 6 N–H and O–H groups in total. The van der Waals surface area contributed by atoms with Gasteiger partial charge in [0.15, 0.2) is 0 Å². The summed E-state index contributed by atoms with van der Waals surface area (Å²) in [7, 11) is 0. The van der Waals surface area contributed by atoms with Gasteiger partial charge in [-0.2, -0.15) is 0 Å². The number of hydrogen-bond acceptors (Lipinski definition) is 3. The SMILES string of the molecule is O.O.O.O=C(S)OC(=O)S.[NaH]. The summed E-state index contributed by atoms with van der Waals surface area (Å²) >= 11 is 6.21. The molecule has 6 nitrogen and oxygen atoms in total. The number of rotatable bonds is 0. The van der Waals surface area contributed by atoms with Crippen molar-refractivity contribution in [1.82, 2.24) is 0 Å². The van der Waals surface area contributed by atoms with Gasteiger partial charge in [0.05, 0.1) is 0 Å². The van der Waals surface area contributed by atoms with Crippen LogP contribution in [0.2, 0.25) is 0 Å². The molecule has 9 heteroatoms. The average molecular weight is 216 g/mol. The van der Waals surface area contributed by atoms with Crippen molar-refractivity contribution in [2.24, 2.45) is 0 Å². The third-order valence-corrected chi connectivity index (χ3v) is 0.357. The van der Waals surface area contributed by atoms with E-state index in [1.807, 2.05) is 0 Å². The molecule has 0 spiro atoms. The molecular weight excluding hydrogens is 207 g/mol. The van der Waals surface area contributed by atoms with Gasteiger partial charge in [0.25, 0.3) is 0 Å². The second kappa shape index (κ2) is 17.0. The fourth-order valence-electron chi connectivity index (χ4n) is 0.0747. The van der Waals surface area contributed by atoms with Crippen molar-refractivity contribution in [2.75, 3.05) is 0 Å². The molecule has 0 aliphatic carbocycles. The summed E-state index contributed by atoms with van der Waals surface area (Å²) in [5.41, 5.74) is 0. The van der Waals surface area contributed by atoms with Crippen molar-refractivity contribution in [3.8, 4) is 0 Å². The van der Waals surface area contributed by atoms with Gasteiger partial charge in [-0.3, -0.25) is 0 Å². The normalized spacial score (nSPS) is 4.91. The maximum absolute atomic E-state index is 9.63. The molecule has 0 unspecified atom stereocenters. The van der Waals surface area contributed by atoms with Crippen LogP contribution < -0.4 is 0 Å². The van der Waals surface area contributed by atoms with Gasteiger partial charge in [0.1, 0.15) is 0 Å². The monoisotopic (exact) mass is 216 g/mol. The quantitative estimate of drug-likeness (QED) is 0.209. The fourth-order valence-corrected chi connectivity index (χ4v) is 0.313. The zero-order valence-corrected chi connectivity index (χ0v) is 6.41. The van der Waals surface area contributed by atoms with Crippen molar-refractivity contribution in [2.45, 2.75) is 0 Å². The average Bonchev–Trinajstić information content (AvgIpc) is 1.27. The van der Waals surface area contributed by atoms with E-state index >= 15 is 0 Å². The van der Waals surface area contributed by atoms with Gasteiger partial charge in [0, 0.05) is 0 Å². The van der Waals surface area contributed by atoms with Gasteiger partial charge >= 0.3 is 40.2 Å². The van der Waals surface area contributed by atoms with Gasteiger partial charge < -0.3 is 21.2 Å². The zero-order valence-electron chi connectivity index (χ0n) is 4.62. The number of carbonyl (C=O) groups is 2. The molecule has 11 heavy (non-hydrogen) atoms. The van der Waals surface area contributed by atoms with Crippen LogP contribution in [0.5, 0.6) is 0 Å². The Labute approximate surface area is 95.7 Å². The predicted molar refractivity (Wildman–Crippen MR) is 47.8 cm³/mol. The molecule has 0 aromatic carbocycles. The number of ether oxygens (including phenoxy) is 1. The molecule has 0 fully saturated rings. The summed E-state index contributed by atoms with van der Waals surface area (Å²) in [5, 5.41) is -1.89. The van der Waals surface area contributed by atoms with Crippen LogP contribution in [-0.2, 0) is 4.74 Å². The van der Waals surface area contributed by atoms with Crippen LogP contribution in [0, 0.1) is 0 Å². The molecular formula is C2H9NaO6S2. The summed E-state index contributed by atoms with van der Waals surface area (Å²) in [5.74, 6) is 0. The van der Waals surface area contributed by atoms with Crippen molar-refractivity contribution < 1.29 is 30.8 Å². The topological polar surface area (TPSA) is 138 Å². The van der Waals surface area contributed by atoms with Crippen LogP contribution in [-0.4, -0.2) is 56.6 Å². The first-order valence-electron chi connectivity index (χ1n) is 1.26. The third kappa shape index (κ3) is 36.6. The Morgan fingerprint density at radius 2 is 1.09 bits per heavy atom. The van der Waals surface area contributed by atoms with Gasteiger partial charge in [-0.15, -0.1) is 0 Å². The molecule has 0 bridgehead atoms. The summed E-state index contributed by atoms with van der Waals surface area (Å²) in [6, 6.07) is 0. The Morgan fingerprint density at radius 3 is 1.09 bits per heavy atom. The van der Waals surface area contributed by atoms with Gasteiger partial charge in [-0.05, 0) is 0 Å². The van der Waals surface area contributed by atoms with Crippen LogP contribution in [0.15, 0.2) is 0 Å². The number of thiol groups is 2. The van der Waals surface area contributed by atoms with Crippen LogP contribution in [0.4, 0.5) is 9.59 Å². The third-order valence-electron chi connectivity index (χ3n) is 0.175. The molecule has 66 valence electrons. The van der Waals surface area contributed by atoms with E-state index in [1.165, 1.54) is 0 Å². The second-order valence-electron chi connectivity index (χ2n) is 0.634. The first-order valence-corrected chi connectivity index (χ1v) is 2.16. The van der Waals surface area contributed by atoms with E-state index in [0.717, 1.165) is 0 Å². The van der Waals surface area contributed by atoms with Gasteiger partial charge in [-0.1, -0.05) is 25.3 Å². The summed E-state index contributed by atoms with van der Waals surface area (Å²) < 4.78 is 3.70. The van der Waals surface area contributed by atoms with E-state index in [1.54, 1.807) is 0 Å². The van der Waals surface area contributed by atoms with E-state index in [4.69, 9.17) is 0 Å². The summed E-state index contributed by atoms with van der Waals surface area (Å²) in [6.07, 6.45) is 0. The van der Waals surface area contributed by atoms with Gasteiger partial charge in [0.2, 0.25) is 0 Å². The van der Waals surface area contributed by atoms with Crippen molar-refractivity contribution >= 4 is 65.4 Å². The summed E-state index contributed by atoms with van der Waals surface area (Å²) in [6.45, 7) is 0. The molecule has 0 aliphatic rings.